The van der Waals surface area contributed by atoms with Crippen LogP contribution in [0.15, 0.2) is 64.2 Å². The maximum Gasteiger partial charge on any atom is 0.261 e. The fraction of sp³-hybridized carbons (Fsp3) is 0.333. The first-order valence-electron chi connectivity index (χ1n) is 10.4. The van der Waals surface area contributed by atoms with E-state index in [0.717, 1.165) is 47.1 Å². The Kier molecular flexibility index (Phi) is 4.68. The van der Waals surface area contributed by atoms with Crippen LogP contribution in [0.3, 0.4) is 0 Å². The molecule has 1 saturated carbocycles. The van der Waals surface area contributed by atoms with Gasteiger partial charge >= 0.3 is 0 Å². The number of hydrogen-bond acceptors (Lipinski definition) is 4. The number of nitrogens with two attached hydrogens (primary N) is 1. The molecule has 1 fully saturated rings. The number of nitrogens with zero attached hydrogens (tertiary/aromatic N) is 2. The Morgan fingerprint density at radius 1 is 1.07 bits per heavy atom. The average Bonchev–Trinajstić information content (AvgIpc) is 3.23. The number of aromatic nitrogens is 2. The summed E-state index contributed by atoms with van der Waals surface area (Å²) in [5.74, 6) is 1.74. The molecule has 0 spiro atoms. The van der Waals surface area contributed by atoms with Crippen LogP contribution in [-0.4, -0.2) is 16.1 Å². The first-order chi connectivity index (χ1) is 14.2. The van der Waals surface area contributed by atoms with Crippen molar-refractivity contribution in [3.63, 3.8) is 0 Å². The van der Waals surface area contributed by atoms with Crippen molar-refractivity contribution in [2.24, 2.45) is 17.6 Å². The molecule has 0 aliphatic heterocycles. The third kappa shape index (κ3) is 3.36. The molecule has 5 heteroatoms. The van der Waals surface area contributed by atoms with Gasteiger partial charge in [-0.3, -0.25) is 9.36 Å². The highest BCUT2D eigenvalue weighted by molar-refractivity contribution is 5.86. The Hall–Kier alpha value is -2.92. The molecule has 1 aliphatic carbocycles. The van der Waals surface area contributed by atoms with E-state index in [1.807, 2.05) is 41.0 Å². The zero-order valence-electron chi connectivity index (χ0n) is 16.4. The first-order valence-corrected chi connectivity index (χ1v) is 10.4. The van der Waals surface area contributed by atoms with E-state index in [2.05, 4.69) is 6.07 Å². The predicted octanol–water partition coefficient (Wildman–Crippen LogP) is 4.57. The second-order valence-electron chi connectivity index (χ2n) is 8.22. The molecule has 2 heterocycles. The van der Waals surface area contributed by atoms with Gasteiger partial charge in [-0.25, -0.2) is 4.98 Å². The van der Waals surface area contributed by atoms with E-state index in [1.54, 1.807) is 12.5 Å². The summed E-state index contributed by atoms with van der Waals surface area (Å²) in [6.07, 6.45) is 8.05. The molecule has 2 unspecified atom stereocenters. The lowest BCUT2D eigenvalue weighted by atomic mass is 9.81. The molecule has 1 aliphatic rings. The molecule has 2 aromatic heterocycles. The van der Waals surface area contributed by atoms with Gasteiger partial charge in [0.25, 0.3) is 5.56 Å². The summed E-state index contributed by atoms with van der Waals surface area (Å²) < 4.78 is 7.21. The Balaban J connectivity index is 1.65. The molecule has 4 aromatic rings. The van der Waals surface area contributed by atoms with Crippen LogP contribution in [0, 0.1) is 11.8 Å². The van der Waals surface area contributed by atoms with Gasteiger partial charge in [0.05, 0.1) is 23.4 Å². The van der Waals surface area contributed by atoms with E-state index in [0.29, 0.717) is 23.8 Å². The van der Waals surface area contributed by atoms with E-state index in [-0.39, 0.29) is 5.56 Å². The number of furan rings is 1. The maximum absolute atomic E-state index is 13.4. The highest BCUT2D eigenvalue weighted by Crippen LogP contribution is 2.31. The topological polar surface area (TPSA) is 74.1 Å². The predicted molar refractivity (Wildman–Crippen MR) is 116 cm³/mol. The second-order valence-corrected chi connectivity index (χ2v) is 8.22. The van der Waals surface area contributed by atoms with E-state index >= 15 is 0 Å². The Labute approximate surface area is 169 Å². The van der Waals surface area contributed by atoms with Gasteiger partial charge < -0.3 is 10.2 Å². The third-order valence-corrected chi connectivity index (χ3v) is 6.26. The Morgan fingerprint density at radius 3 is 2.79 bits per heavy atom. The lowest BCUT2D eigenvalue weighted by Gasteiger charge is -2.29. The first kappa shape index (κ1) is 18.1. The minimum absolute atomic E-state index is 0.0350. The van der Waals surface area contributed by atoms with Crippen LogP contribution in [0.5, 0.6) is 0 Å². The standard InChI is InChI=1S/C24H25N3O2/c25-12-16-4-3-5-17(10-16)13-27-23(18-8-9-19-14-29-15-20(19)11-18)26-22-7-2-1-6-21(22)24(27)28/h1-2,6-9,11,14-17H,3-5,10,12-13,25H2. The SMILES string of the molecule is NCC1CCCC(Cn2c(-c3ccc4cocc4c3)nc3ccccc3c2=O)C1. The highest BCUT2D eigenvalue weighted by Gasteiger charge is 2.23. The molecule has 5 rings (SSSR count). The molecule has 148 valence electrons. The molecule has 0 bridgehead atoms. The third-order valence-electron chi connectivity index (χ3n) is 6.26. The van der Waals surface area contributed by atoms with Gasteiger partial charge in [-0.15, -0.1) is 0 Å². The van der Waals surface area contributed by atoms with Crippen molar-refractivity contribution in [2.75, 3.05) is 6.54 Å². The lowest BCUT2D eigenvalue weighted by molar-refractivity contribution is 0.246. The molecule has 0 radical (unpaired) electrons. The summed E-state index contributed by atoms with van der Waals surface area (Å²) in [7, 11) is 0. The highest BCUT2D eigenvalue weighted by atomic mass is 16.3. The zero-order chi connectivity index (χ0) is 19.8. The van der Waals surface area contributed by atoms with Gasteiger partial charge in [0, 0.05) is 22.9 Å². The van der Waals surface area contributed by atoms with Gasteiger partial charge in [-0.1, -0.05) is 30.7 Å². The Bertz CT molecular complexity index is 1220. The van der Waals surface area contributed by atoms with Crippen LogP contribution in [0.25, 0.3) is 33.1 Å². The van der Waals surface area contributed by atoms with Gasteiger partial charge in [0.15, 0.2) is 0 Å². The number of fused-ring (bicyclic) bond motifs is 2. The number of para-hydroxylation sites is 1. The summed E-state index contributed by atoms with van der Waals surface area (Å²) in [4.78, 5) is 18.4. The quantitative estimate of drug-likeness (QED) is 0.556. The minimum Gasteiger partial charge on any atom is -0.471 e. The summed E-state index contributed by atoms with van der Waals surface area (Å²) in [6, 6.07) is 13.7. The molecule has 29 heavy (non-hydrogen) atoms. The van der Waals surface area contributed by atoms with E-state index in [1.165, 1.54) is 12.8 Å². The van der Waals surface area contributed by atoms with Gasteiger partial charge in [-0.2, -0.15) is 0 Å². The molecular formula is C24H25N3O2. The monoisotopic (exact) mass is 387 g/mol. The van der Waals surface area contributed by atoms with Gasteiger partial charge in [-0.05, 0) is 55.8 Å². The normalized spacial score (nSPS) is 19.8. The van der Waals surface area contributed by atoms with Crippen molar-refractivity contribution in [3.05, 3.63) is 65.3 Å². The van der Waals surface area contributed by atoms with Crippen molar-refractivity contribution in [1.29, 1.82) is 0 Å². The zero-order valence-corrected chi connectivity index (χ0v) is 16.4. The molecule has 2 atom stereocenters. The maximum atomic E-state index is 13.4. The van der Waals surface area contributed by atoms with Crippen molar-refractivity contribution in [3.8, 4) is 11.4 Å². The van der Waals surface area contributed by atoms with E-state index in [4.69, 9.17) is 15.1 Å². The van der Waals surface area contributed by atoms with Crippen LogP contribution in [0.4, 0.5) is 0 Å². The van der Waals surface area contributed by atoms with Crippen LogP contribution in [0.1, 0.15) is 25.7 Å². The Morgan fingerprint density at radius 2 is 1.90 bits per heavy atom. The molecule has 2 N–H and O–H groups in total. The number of benzene rings is 2. The van der Waals surface area contributed by atoms with Crippen molar-refractivity contribution in [1.82, 2.24) is 9.55 Å². The van der Waals surface area contributed by atoms with Gasteiger partial charge in [0.2, 0.25) is 0 Å². The molecule has 0 amide bonds. The summed E-state index contributed by atoms with van der Waals surface area (Å²) in [6.45, 7) is 1.41. The molecular weight excluding hydrogens is 362 g/mol. The summed E-state index contributed by atoms with van der Waals surface area (Å²) in [5, 5.41) is 2.73. The average molecular weight is 387 g/mol. The van der Waals surface area contributed by atoms with Crippen LogP contribution >= 0.6 is 0 Å². The fourth-order valence-corrected chi connectivity index (χ4v) is 4.70. The van der Waals surface area contributed by atoms with E-state index < -0.39 is 0 Å². The molecule has 5 nitrogen and oxygen atoms in total. The summed E-state index contributed by atoms with van der Waals surface area (Å²) >= 11 is 0. The smallest absolute Gasteiger partial charge is 0.261 e. The lowest BCUT2D eigenvalue weighted by Crippen LogP contribution is -2.30. The largest absolute Gasteiger partial charge is 0.471 e. The summed E-state index contributed by atoms with van der Waals surface area (Å²) in [5.41, 5.74) is 7.65. The van der Waals surface area contributed by atoms with Crippen LogP contribution < -0.4 is 11.3 Å². The fourth-order valence-electron chi connectivity index (χ4n) is 4.70. The van der Waals surface area contributed by atoms with Crippen LogP contribution in [0.2, 0.25) is 0 Å². The van der Waals surface area contributed by atoms with E-state index in [9.17, 15) is 4.79 Å². The van der Waals surface area contributed by atoms with Crippen LogP contribution in [-0.2, 0) is 6.54 Å². The van der Waals surface area contributed by atoms with Gasteiger partial charge in [0.1, 0.15) is 5.82 Å². The number of rotatable bonds is 4. The second kappa shape index (κ2) is 7.48. The van der Waals surface area contributed by atoms with Crippen molar-refractivity contribution < 1.29 is 4.42 Å². The van der Waals surface area contributed by atoms with Crippen molar-refractivity contribution >= 4 is 21.7 Å². The molecule has 0 saturated heterocycles. The number of hydrogen-bond donors (Lipinski definition) is 1. The molecule has 2 aromatic carbocycles. The minimum atomic E-state index is 0.0350. The van der Waals surface area contributed by atoms with Crippen molar-refractivity contribution in [2.45, 2.75) is 32.2 Å².